The van der Waals surface area contributed by atoms with Crippen LogP contribution in [0.3, 0.4) is 0 Å². The molecule has 0 saturated heterocycles. The lowest BCUT2D eigenvalue weighted by Crippen LogP contribution is -2.13. The highest BCUT2D eigenvalue weighted by Gasteiger charge is 2.10. The Morgan fingerprint density at radius 3 is 2.62 bits per heavy atom. The lowest BCUT2D eigenvalue weighted by Gasteiger charge is -2.11. The molecule has 1 heterocycles. The molecule has 0 atom stereocenters. The van der Waals surface area contributed by atoms with E-state index in [2.05, 4.69) is 5.16 Å². The number of nitrogens with zero attached hydrogens (tertiary/aromatic N) is 1. The van der Waals surface area contributed by atoms with Crippen molar-refractivity contribution < 1.29 is 9.94 Å². The van der Waals surface area contributed by atoms with Crippen molar-refractivity contribution in [3.63, 3.8) is 0 Å². The Hall–Kier alpha value is -2.53. The molecule has 0 unspecified atom stereocenters. The van der Waals surface area contributed by atoms with Crippen molar-refractivity contribution >= 4 is 27.9 Å². The second-order valence-electron chi connectivity index (χ2n) is 4.51. The fraction of sp³-hybridized carbons (Fsp3) is 0.0625. The molecule has 0 radical (unpaired) electrons. The zero-order valence-corrected chi connectivity index (χ0v) is 12.0. The molecule has 0 aliphatic rings. The van der Waals surface area contributed by atoms with Crippen LogP contribution in [0.5, 0.6) is 5.75 Å². The fourth-order valence-corrected chi connectivity index (χ4v) is 2.83. The first-order chi connectivity index (χ1) is 10.3. The molecular formula is C16H14N2O2S. The molecule has 0 amide bonds. The van der Waals surface area contributed by atoms with Crippen LogP contribution in [0.2, 0.25) is 0 Å². The Labute approximate surface area is 126 Å². The molecule has 5 heteroatoms. The molecule has 3 rings (SSSR count). The second kappa shape index (κ2) is 5.85. The van der Waals surface area contributed by atoms with E-state index >= 15 is 0 Å². The van der Waals surface area contributed by atoms with Gasteiger partial charge in [0.1, 0.15) is 12.4 Å². The van der Waals surface area contributed by atoms with Crippen molar-refractivity contribution in [1.29, 1.82) is 0 Å². The number of hydrogen-bond donors (Lipinski definition) is 2. The Balaban J connectivity index is 2.00. The van der Waals surface area contributed by atoms with Crippen LogP contribution in [0.25, 0.3) is 10.8 Å². The molecule has 106 valence electrons. The summed E-state index contributed by atoms with van der Waals surface area (Å²) in [5.41, 5.74) is 6.41. The molecule has 21 heavy (non-hydrogen) atoms. The van der Waals surface area contributed by atoms with Crippen molar-refractivity contribution in [3.05, 3.63) is 64.4 Å². The molecule has 0 aliphatic heterocycles. The standard InChI is InChI=1S/C16H14N2O2S/c17-16(18-19)14-7-8-15(13-6-2-1-5-12(13)14)20-10-11-4-3-9-21-11/h1-9,19H,10H2,(H2,17,18). The molecule has 0 fully saturated rings. The number of benzene rings is 2. The maximum Gasteiger partial charge on any atom is 0.170 e. The summed E-state index contributed by atoms with van der Waals surface area (Å²) in [7, 11) is 0. The van der Waals surface area contributed by atoms with Gasteiger partial charge in [-0.15, -0.1) is 11.3 Å². The predicted octanol–water partition coefficient (Wildman–Crippen LogP) is 3.57. The van der Waals surface area contributed by atoms with Gasteiger partial charge < -0.3 is 15.7 Å². The number of rotatable bonds is 4. The average molecular weight is 298 g/mol. The molecule has 0 spiro atoms. The molecule has 1 aromatic heterocycles. The summed E-state index contributed by atoms with van der Waals surface area (Å²) in [6, 6.07) is 15.5. The number of amidine groups is 1. The zero-order valence-electron chi connectivity index (χ0n) is 11.2. The van der Waals surface area contributed by atoms with Crippen LogP contribution in [-0.2, 0) is 6.61 Å². The van der Waals surface area contributed by atoms with E-state index in [1.807, 2.05) is 47.8 Å². The monoisotopic (exact) mass is 298 g/mol. The largest absolute Gasteiger partial charge is 0.487 e. The molecule has 3 aromatic rings. The van der Waals surface area contributed by atoms with E-state index in [-0.39, 0.29) is 5.84 Å². The predicted molar refractivity (Wildman–Crippen MR) is 85.1 cm³/mol. The molecule has 3 N–H and O–H groups in total. The third-order valence-corrected chi connectivity index (χ3v) is 4.07. The van der Waals surface area contributed by atoms with Gasteiger partial charge >= 0.3 is 0 Å². The van der Waals surface area contributed by atoms with Crippen LogP contribution in [-0.4, -0.2) is 11.0 Å². The van der Waals surface area contributed by atoms with Gasteiger partial charge in [-0.05, 0) is 29.0 Å². The molecular weight excluding hydrogens is 284 g/mol. The van der Waals surface area contributed by atoms with Gasteiger partial charge in [-0.2, -0.15) is 0 Å². The first kappa shape index (κ1) is 13.5. The van der Waals surface area contributed by atoms with Crippen LogP contribution in [0.1, 0.15) is 10.4 Å². The minimum Gasteiger partial charge on any atom is -0.487 e. The lowest BCUT2D eigenvalue weighted by atomic mass is 10.0. The number of hydrogen-bond acceptors (Lipinski definition) is 4. The first-order valence-electron chi connectivity index (χ1n) is 6.44. The summed E-state index contributed by atoms with van der Waals surface area (Å²) in [4.78, 5) is 1.17. The fourth-order valence-electron chi connectivity index (χ4n) is 2.22. The average Bonchev–Trinajstić information content (AvgIpc) is 3.05. The molecule has 4 nitrogen and oxygen atoms in total. The highest BCUT2D eigenvalue weighted by Crippen LogP contribution is 2.29. The second-order valence-corrected chi connectivity index (χ2v) is 5.54. The van der Waals surface area contributed by atoms with E-state index in [9.17, 15) is 0 Å². The summed E-state index contributed by atoms with van der Waals surface area (Å²) >= 11 is 1.66. The van der Waals surface area contributed by atoms with Crippen molar-refractivity contribution in [3.8, 4) is 5.75 Å². The molecule has 0 aliphatic carbocycles. The number of nitrogens with two attached hydrogens (primary N) is 1. The minimum atomic E-state index is 0.0935. The van der Waals surface area contributed by atoms with Crippen LogP contribution >= 0.6 is 11.3 Å². The van der Waals surface area contributed by atoms with E-state index in [1.54, 1.807) is 17.4 Å². The Morgan fingerprint density at radius 1 is 1.10 bits per heavy atom. The van der Waals surface area contributed by atoms with Crippen LogP contribution in [0, 0.1) is 0 Å². The van der Waals surface area contributed by atoms with Gasteiger partial charge in [0.2, 0.25) is 0 Å². The Bertz CT molecular complexity index is 782. The molecule has 0 bridgehead atoms. The minimum absolute atomic E-state index is 0.0935. The third kappa shape index (κ3) is 2.68. The smallest absolute Gasteiger partial charge is 0.170 e. The highest BCUT2D eigenvalue weighted by atomic mass is 32.1. The number of thiophene rings is 1. The quantitative estimate of drug-likeness (QED) is 0.335. The van der Waals surface area contributed by atoms with Gasteiger partial charge in [0.05, 0.1) is 0 Å². The lowest BCUT2D eigenvalue weighted by molar-refractivity contribution is 0.313. The third-order valence-electron chi connectivity index (χ3n) is 3.22. The van der Waals surface area contributed by atoms with Crippen molar-refractivity contribution in [2.75, 3.05) is 0 Å². The number of fused-ring (bicyclic) bond motifs is 1. The Kier molecular flexibility index (Phi) is 3.75. The zero-order chi connectivity index (χ0) is 14.7. The van der Waals surface area contributed by atoms with Gasteiger partial charge in [0, 0.05) is 15.8 Å². The van der Waals surface area contributed by atoms with E-state index in [4.69, 9.17) is 15.7 Å². The molecule has 0 saturated carbocycles. The van der Waals surface area contributed by atoms with E-state index in [0.717, 1.165) is 16.5 Å². The summed E-state index contributed by atoms with van der Waals surface area (Å²) < 4.78 is 5.90. The highest BCUT2D eigenvalue weighted by molar-refractivity contribution is 7.09. The van der Waals surface area contributed by atoms with Gasteiger partial charge in [-0.25, -0.2) is 0 Å². The van der Waals surface area contributed by atoms with Gasteiger partial charge in [-0.3, -0.25) is 0 Å². The number of oxime groups is 1. The summed E-state index contributed by atoms with van der Waals surface area (Å²) in [5, 5.41) is 15.8. The van der Waals surface area contributed by atoms with E-state index in [1.165, 1.54) is 4.88 Å². The van der Waals surface area contributed by atoms with Gasteiger partial charge in [0.15, 0.2) is 5.84 Å². The molecule has 2 aromatic carbocycles. The van der Waals surface area contributed by atoms with E-state index in [0.29, 0.717) is 12.2 Å². The number of ether oxygens (including phenoxy) is 1. The summed E-state index contributed by atoms with van der Waals surface area (Å²) in [5.74, 6) is 0.879. The van der Waals surface area contributed by atoms with Crippen LogP contribution < -0.4 is 10.5 Å². The maximum atomic E-state index is 8.88. The van der Waals surface area contributed by atoms with Crippen LogP contribution in [0.15, 0.2) is 59.1 Å². The summed E-state index contributed by atoms with van der Waals surface area (Å²) in [6.45, 7) is 0.532. The van der Waals surface area contributed by atoms with Crippen molar-refractivity contribution in [1.82, 2.24) is 0 Å². The Morgan fingerprint density at radius 2 is 1.90 bits per heavy atom. The summed E-state index contributed by atoms with van der Waals surface area (Å²) in [6.07, 6.45) is 0. The maximum absolute atomic E-state index is 8.88. The van der Waals surface area contributed by atoms with Crippen molar-refractivity contribution in [2.45, 2.75) is 6.61 Å². The van der Waals surface area contributed by atoms with Gasteiger partial charge in [0.25, 0.3) is 0 Å². The van der Waals surface area contributed by atoms with Gasteiger partial charge in [-0.1, -0.05) is 35.5 Å². The normalized spacial score (nSPS) is 11.7. The van der Waals surface area contributed by atoms with E-state index < -0.39 is 0 Å². The first-order valence-corrected chi connectivity index (χ1v) is 7.32. The topological polar surface area (TPSA) is 67.8 Å². The van der Waals surface area contributed by atoms with Crippen molar-refractivity contribution in [2.24, 2.45) is 10.9 Å². The van der Waals surface area contributed by atoms with Crippen LogP contribution in [0.4, 0.5) is 0 Å². The SMILES string of the molecule is N/C(=N/O)c1ccc(OCc2cccs2)c2ccccc12.